The number of nitrogens with two attached hydrogens (primary N) is 1. The third-order valence-corrected chi connectivity index (χ3v) is 3.28. The molecular formula is C12H11F2NO. The summed E-state index contributed by atoms with van der Waals surface area (Å²) < 4.78 is 31.8. The molecule has 0 bridgehead atoms. The van der Waals surface area contributed by atoms with Crippen LogP contribution in [0.5, 0.6) is 0 Å². The zero-order chi connectivity index (χ0) is 11.6. The van der Waals surface area contributed by atoms with Gasteiger partial charge in [0.15, 0.2) is 0 Å². The molecule has 4 heteroatoms. The SMILES string of the molecule is Cc1c(C2(N)CC2(F)F)oc2ccccc12. The monoisotopic (exact) mass is 223 g/mol. The van der Waals surface area contributed by atoms with Crippen LogP contribution in [0.15, 0.2) is 28.7 Å². The van der Waals surface area contributed by atoms with Gasteiger partial charge >= 0.3 is 0 Å². The standard InChI is InChI=1S/C12H11F2NO/c1-7-8-4-2-3-5-9(8)16-10(7)11(15)6-12(11,13)14/h2-5H,6,15H2,1H3. The first-order valence-corrected chi connectivity index (χ1v) is 5.11. The number of benzene rings is 1. The average Bonchev–Trinajstić information content (AvgIpc) is 2.59. The highest BCUT2D eigenvalue weighted by molar-refractivity contribution is 5.82. The second-order valence-corrected chi connectivity index (χ2v) is 4.40. The van der Waals surface area contributed by atoms with E-state index in [9.17, 15) is 8.78 Å². The maximum Gasteiger partial charge on any atom is 0.275 e. The fourth-order valence-corrected chi connectivity index (χ4v) is 2.15. The minimum absolute atomic E-state index is 0.221. The molecule has 1 saturated carbocycles. The zero-order valence-electron chi connectivity index (χ0n) is 8.76. The van der Waals surface area contributed by atoms with E-state index in [0.717, 1.165) is 10.9 Å². The van der Waals surface area contributed by atoms with Gasteiger partial charge in [-0.15, -0.1) is 0 Å². The van der Waals surface area contributed by atoms with E-state index in [1.807, 2.05) is 18.2 Å². The summed E-state index contributed by atoms with van der Waals surface area (Å²) in [7, 11) is 0. The van der Waals surface area contributed by atoms with Crippen molar-refractivity contribution in [1.29, 1.82) is 0 Å². The van der Waals surface area contributed by atoms with Crippen molar-refractivity contribution in [2.24, 2.45) is 5.73 Å². The number of alkyl halides is 2. The van der Waals surface area contributed by atoms with Crippen LogP contribution in [0.4, 0.5) is 8.78 Å². The second kappa shape index (κ2) is 2.63. The van der Waals surface area contributed by atoms with Crippen LogP contribution in [0.25, 0.3) is 11.0 Å². The van der Waals surface area contributed by atoms with Crippen molar-refractivity contribution in [1.82, 2.24) is 0 Å². The first kappa shape index (κ1) is 9.78. The van der Waals surface area contributed by atoms with Crippen LogP contribution in [0.1, 0.15) is 17.7 Å². The summed E-state index contributed by atoms with van der Waals surface area (Å²) in [6, 6.07) is 7.27. The van der Waals surface area contributed by atoms with E-state index in [1.54, 1.807) is 13.0 Å². The lowest BCUT2D eigenvalue weighted by molar-refractivity contribution is 0.0836. The molecule has 0 aliphatic heterocycles. The van der Waals surface area contributed by atoms with Crippen molar-refractivity contribution >= 4 is 11.0 Å². The molecule has 0 saturated heterocycles. The molecule has 1 heterocycles. The highest BCUT2D eigenvalue weighted by Crippen LogP contribution is 2.59. The van der Waals surface area contributed by atoms with E-state index in [4.69, 9.17) is 10.2 Å². The second-order valence-electron chi connectivity index (χ2n) is 4.40. The molecule has 1 aromatic heterocycles. The zero-order valence-corrected chi connectivity index (χ0v) is 8.76. The molecule has 2 N–H and O–H groups in total. The lowest BCUT2D eigenvalue weighted by Gasteiger charge is -2.07. The first-order chi connectivity index (χ1) is 7.46. The first-order valence-electron chi connectivity index (χ1n) is 5.11. The normalized spacial score (nSPS) is 27.2. The van der Waals surface area contributed by atoms with Gasteiger partial charge in [-0.05, 0) is 13.0 Å². The number of para-hydroxylation sites is 1. The van der Waals surface area contributed by atoms with Gasteiger partial charge in [0, 0.05) is 17.4 Å². The lowest BCUT2D eigenvalue weighted by Crippen LogP contribution is -2.27. The van der Waals surface area contributed by atoms with E-state index >= 15 is 0 Å². The Labute approximate surface area is 91.0 Å². The number of fused-ring (bicyclic) bond motifs is 1. The fraction of sp³-hybridized carbons (Fsp3) is 0.333. The Morgan fingerprint density at radius 3 is 2.50 bits per heavy atom. The molecule has 0 spiro atoms. The Hall–Kier alpha value is -1.42. The van der Waals surface area contributed by atoms with Gasteiger partial charge < -0.3 is 10.2 Å². The van der Waals surface area contributed by atoms with E-state index in [0.29, 0.717) is 5.58 Å². The van der Waals surface area contributed by atoms with Gasteiger partial charge in [0.1, 0.15) is 16.9 Å². The third kappa shape index (κ3) is 1.02. The predicted octanol–water partition coefficient (Wildman–Crippen LogP) is 2.93. The van der Waals surface area contributed by atoms with E-state index in [-0.39, 0.29) is 12.2 Å². The summed E-state index contributed by atoms with van der Waals surface area (Å²) in [6.45, 7) is 1.77. The molecule has 1 atom stereocenters. The molecule has 1 aliphatic carbocycles. The Kier molecular flexibility index (Phi) is 1.61. The van der Waals surface area contributed by atoms with Crippen LogP contribution in [0.3, 0.4) is 0 Å². The van der Waals surface area contributed by atoms with Crippen LogP contribution in [-0.4, -0.2) is 5.92 Å². The molecule has 1 aliphatic rings. The van der Waals surface area contributed by atoms with Crippen LogP contribution < -0.4 is 5.73 Å². The molecule has 0 amide bonds. The van der Waals surface area contributed by atoms with Gasteiger partial charge in [0.25, 0.3) is 5.92 Å². The van der Waals surface area contributed by atoms with Crippen molar-refractivity contribution in [3.05, 3.63) is 35.6 Å². The fourth-order valence-electron chi connectivity index (χ4n) is 2.15. The summed E-state index contributed by atoms with van der Waals surface area (Å²) >= 11 is 0. The molecule has 16 heavy (non-hydrogen) atoms. The van der Waals surface area contributed by atoms with Crippen molar-refractivity contribution in [2.75, 3.05) is 0 Å². The van der Waals surface area contributed by atoms with Gasteiger partial charge in [-0.1, -0.05) is 18.2 Å². The Balaban J connectivity index is 2.23. The van der Waals surface area contributed by atoms with E-state index in [1.165, 1.54) is 0 Å². The van der Waals surface area contributed by atoms with Crippen molar-refractivity contribution in [3.63, 3.8) is 0 Å². The third-order valence-electron chi connectivity index (χ3n) is 3.28. The van der Waals surface area contributed by atoms with E-state index < -0.39 is 11.5 Å². The van der Waals surface area contributed by atoms with Gasteiger partial charge in [-0.3, -0.25) is 0 Å². The lowest BCUT2D eigenvalue weighted by atomic mass is 10.1. The predicted molar refractivity (Wildman–Crippen MR) is 56.4 cm³/mol. The number of aryl methyl sites for hydroxylation is 1. The number of halogens is 2. The Bertz CT molecular complexity index is 575. The molecule has 1 fully saturated rings. The topological polar surface area (TPSA) is 39.2 Å². The molecule has 0 radical (unpaired) electrons. The van der Waals surface area contributed by atoms with Crippen LogP contribution in [0.2, 0.25) is 0 Å². The summed E-state index contributed by atoms with van der Waals surface area (Å²) in [5.41, 5.74) is 5.40. The molecule has 84 valence electrons. The highest BCUT2D eigenvalue weighted by atomic mass is 19.3. The smallest absolute Gasteiger partial charge is 0.275 e. The quantitative estimate of drug-likeness (QED) is 0.807. The number of furan rings is 1. The Morgan fingerprint density at radius 1 is 1.31 bits per heavy atom. The molecule has 2 aromatic rings. The van der Waals surface area contributed by atoms with Crippen LogP contribution >= 0.6 is 0 Å². The molecule has 1 aromatic carbocycles. The summed E-state index contributed by atoms with van der Waals surface area (Å²) in [5.74, 6) is -2.62. The highest BCUT2D eigenvalue weighted by Gasteiger charge is 2.72. The van der Waals surface area contributed by atoms with Gasteiger partial charge in [-0.25, -0.2) is 8.78 Å². The average molecular weight is 223 g/mol. The summed E-state index contributed by atoms with van der Waals surface area (Å²) in [6.07, 6.45) is -0.333. The largest absolute Gasteiger partial charge is 0.459 e. The van der Waals surface area contributed by atoms with Crippen LogP contribution in [0, 0.1) is 6.92 Å². The van der Waals surface area contributed by atoms with Gasteiger partial charge in [-0.2, -0.15) is 0 Å². The Morgan fingerprint density at radius 2 is 1.94 bits per heavy atom. The number of hydrogen-bond acceptors (Lipinski definition) is 2. The van der Waals surface area contributed by atoms with E-state index in [2.05, 4.69) is 0 Å². The van der Waals surface area contributed by atoms with Crippen molar-refractivity contribution in [3.8, 4) is 0 Å². The number of hydrogen-bond donors (Lipinski definition) is 1. The maximum atomic E-state index is 13.2. The minimum Gasteiger partial charge on any atom is -0.459 e. The minimum atomic E-state index is -2.84. The molecule has 3 rings (SSSR count). The summed E-state index contributed by atoms with van der Waals surface area (Å²) in [4.78, 5) is 0. The van der Waals surface area contributed by atoms with Crippen molar-refractivity contribution in [2.45, 2.75) is 24.8 Å². The van der Waals surface area contributed by atoms with Gasteiger partial charge in [0.2, 0.25) is 0 Å². The molecule has 2 nitrogen and oxygen atoms in total. The van der Waals surface area contributed by atoms with Crippen molar-refractivity contribution < 1.29 is 13.2 Å². The summed E-state index contributed by atoms with van der Waals surface area (Å²) in [5, 5.41) is 0.852. The van der Waals surface area contributed by atoms with Crippen LogP contribution in [-0.2, 0) is 5.54 Å². The molecular weight excluding hydrogens is 212 g/mol. The number of rotatable bonds is 1. The molecule has 1 unspecified atom stereocenters. The maximum absolute atomic E-state index is 13.2. The van der Waals surface area contributed by atoms with Gasteiger partial charge in [0.05, 0.1) is 0 Å².